The lowest BCUT2D eigenvalue weighted by Gasteiger charge is -2.12. The first-order valence-corrected chi connectivity index (χ1v) is 6.02. The van der Waals surface area contributed by atoms with Crippen LogP contribution in [0.2, 0.25) is 0 Å². The van der Waals surface area contributed by atoms with Crippen molar-refractivity contribution < 1.29 is 9.53 Å². The number of amides is 1. The molecule has 1 aromatic heterocycles. The van der Waals surface area contributed by atoms with Crippen LogP contribution in [-0.4, -0.2) is 30.6 Å². The van der Waals surface area contributed by atoms with Crippen molar-refractivity contribution in [3.63, 3.8) is 0 Å². The normalized spacial score (nSPS) is 12.5. The van der Waals surface area contributed by atoms with E-state index < -0.39 is 0 Å². The van der Waals surface area contributed by atoms with Gasteiger partial charge in [0.15, 0.2) is 0 Å². The quantitative estimate of drug-likeness (QED) is 0.832. The second-order valence-electron chi connectivity index (χ2n) is 4.62. The maximum atomic E-state index is 11.9. The molecule has 0 radical (unpaired) electrons. The molecule has 0 bridgehead atoms. The van der Waals surface area contributed by atoms with Gasteiger partial charge in [0.2, 0.25) is 0 Å². The summed E-state index contributed by atoms with van der Waals surface area (Å²) < 4.78 is 5.07. The molecule has 1 atom stereocenters. The van der Waals surface area contributed by atoms with E-state index in [4.69, 9.17) is 10.5 Å². The number of carbonyl (C=O) groups excluding carboxylic acids is 1. The zero-order valence-electron chi connectivity index (χ0n) is 11.4. The van der Waals surface area contributed by atoms with Gasteiger partial charge in [-0.1, -0.05) is 13.8 Å². The van der Waals surface area contributed by atoms with Crippen LogP contribution in [0.1, 0.15) is 42.7 Å². The fraction of sp³-hybridized carbons (Fsp3) is 0.538. The first-order chi connectivity index (χ1) is 8.43. The third kappa shape index (κ3) is 4.00. The summed E-state index contributed by atoms with van der Waals surface area (Å²) in [5.41, 5.74) is 7.06. The number of aromatic nitrogens is 1. The summed E-state index contributed by atoms with van der Waals surface area (Å²) in [5.74, 6) is 0.444. The lowest BCUT2D eigenvalue weighted by molar-refractivity contribution is 0.0870. The number of carbonyl (C=O) groups is 1. The Labute approximate surface area is 108 Å². The molecule has 5 heteroatoms. The van der Waals surface area contributed by atoms with Gasteiger partial charge in [-0.25, -0.2) is 4.98 Å². The van der Waals surface area contributed by atoms with Crippen LogP contribution in [0, 0.1) is 0 Å². The molecule has 0 aromatic carbocycles. The Morgan fingerprint density at radius 3 is 2.67 bits per heavy atom. The van der Waals surface area contributed by atoms with E-state index in [2.05, 4.69) is 10.3 Å². The van der Waals surface area contributed by atoms with Gasteiger partial charge in [0.1, 0.15) is 5.82 Å². The molecule has 0 aliphatic rings. The lowest BCUT2D eigenvalue weighted by Crippen LogP contribution is -2.31. The molecule has 0 aliphatic heterocycles. The highest BCUT2D eigenvalue weighted by Gasteiger charge is 2.11. The van der Waals surface area contributed by atoms with E-state index >= 15 is 0 Å². The van der Waals surface area contributed by atoms with E-state index in [-0.39, 0.29) is 17.9 Å². The average Bonchev–Trinajstić information content (AvgIpc) is 2.34. The van der Waals surface area contributed by atoms with Crippen molar-refractivity contribution in [2.24, 2.45) is 0 Å². The third-order valence-corrected chi connectivity index (χ3v) is 2.67. The van der Waals surface area contributed by atoms with Crippen LogP contribution in [0.25, 0.3) is 0 Å². The molecule has 1 rings (SSSR count). The standard InChI is InChI=1S/C13H21N3O2/c1-8(2)11-5-10(6-12(14)16-11)13(17)15-7-9(3)18-4/h5-6,8-9H,7H2,1-4H3,(H2,14,16)(H,15,17). The van der Waals surface area contributed by atoms with E-state index in [9.17, 15) is 4.79 Å². The monoisotopic (exact) mass is 251 g/mol. The third-order valence-electron chi connectivity index (χ3n) is 2.67. The highest BCUT2D eigenvalue weighted by molar-refractivity contribution is 5.94. The first kappa shape index (κ1) is 14.4. The van der Waals surface area contributed by atoms with E-state index in [0.717, 1.165) is 5.69 Å². The summed E-state index contributed by atoms with van der Waals surface area (Å²) >= 11 is 0. The van der Waals surface area contributed by atoms with Crippen molar-refractivity contribution in [1.29, 1.82) is 0 Å². The van der Waals surface area contributed by atoms with E-state index in [1.165, 1.54) is 0 Å². The van der Waals surface area contributed by atoms with E-state index in [1.807, 2.05) is 20.8 Å². The Kier molecular flexibility index (Phi) is 5.09. The van der Waals surface area contributed by atoms with Crippen LogP contribution >= 0.6 is 0 Å². The molecule has 1 unspecified atom stereocenters. The number of hydrogen-bond donors (Lipinski definition) is 2. The number of anilines is 1. The summed E-state index contributed by atoms with van der Waals surface area (Å²) in [5, 5.41) is 2.80. The SMILES string of the molecule is COC(C)CNC(=O)c1cc(N)nc(C(C)C)c1. The van der Waals surface area contributed by atoms with Gasteiger partial charge in [-0.2, -0.15) is 0 Å². The van der Waals surface area contributed by atoms with Crippen molar-refractivity contribution >= 4 is 11.7 Å². The number of nitrogens with one attached hydrogen (secondary N) is 1. The Hall–Kier alpha value is -1.62. The number of nitrogens with zero attached hydrogens (tertiary/aromatic N) is 1. The molecule has 3 N–H and O–H groups in total. The summed E-state index contributed by atoms with van der Waals surface area (Å²) in [7, 11) is 1.61. The van der Waals surface area contributed by atoms with Crippen molar-refractivity contribution in [3.8, 4) is 0 Å². The minimum atomic E-state index is -0.157. The molecule has 0 fully saturated rings. The summed E-state index contributed by atoms with van der Waals surface area (Å²) in [6.07, 6.45) is -0.0160. The Morgan fingerprint density at radius 2 is 2.11 bits per heavy atom. The van der Waals surface area contributed by atoms with E-state index in [0.29, 0.717) is 17.9 Å². The highest BCUT2D eigenvalue weighted by atomic mass is 16.5. The molecule has 1 heterocycles. The van der Waals surface area contributed by atoms with Crippen molar-refractivity contribution in [1.82, 2.24) is 10.3 Å². The Balaban J connectivity index is 2.79. The maximum absolute atomic E-state index is 11.9. The van der Waals surface area contributed by atoms with Gasteiger partial charge in [-0.3, -0.25) is 4.79 Å². The van der Waals surface area contributed by atoms with Gasteiger partial charge in [-0.15, -0.1) is 0 Å². The van der Waals surface area contributed by atoms with Gasteiger partial charge >= 0.3 is 0 Å². The summed E-state index contributed by atoms with van der Waals surface area (Å²) in [4.78, 5) is 16.1. The number of rotatable bonds is 5. The second-order valence-corrected chi connectivity index (χ2v) is 4.62. The number of nitrogen functional groups attached to an aromatic ring is 1. The molecule has 0 aliphatic carbocycles. The molecule has 1 aromatic rings. The van der Waals surface area contributed by atoms with Gasteiger partial charge < -0.3 is 15.8 Å². The number of pyridine rings is 1. The summed E-state index contributed by atoms with van der Waals surface area (Å²) in [6, 6.07) is 3.35. The molecule has 5 nitrogen and oxygen atoms in total. The molecule has 100 valence electrons. The zero-order valence-corrected chi connectivity index (χ0v) is 11.4. The minimum absolute atomic E-state index is 0.0160. The number of hydrogen-bond acceptors (Lipinski definition) is 4. The van der Waals surface area contributed by atoms with Gasteiger partial charge in [0.25, 0.3) is 5.91 Å². The van der Waals surface area contributed by atoms with Gasteiger partial charge in [-0.05, 0) is 25.0 Å². The molecule has 0 saturated heterocycles. The molecule has 0 spiro atoms. The van der Waals surface area contributed by atoms with Crippen molar-refractivity contribution in [3.05, 3.63) is 23.4 Å². The summed E-state index contributed by atoms with van der Waals surface area (Å²) in [6.45, 7) is 6.38. The lowest BCUT2D eigenvalue weighted by atomic mass is 10.1. The molecular weight excluding hydrogens is 230 g/mol. The zero-order chi connectivity index (χ0) is 13.7. The number of nitrogens with two attached hydrogens (primary N) is 1. The molecule has 1 amide bonds. The van der Waals surface area contributed by atoms with Crippen LogP contribution in [-0.2, 0) is 4.74 Å². The van der Waals surface area contributed by atoms with Crippen LogP contribution in [0.5, 0.6) is 0 Å². The fourth-order valence-corrected chi connectivity index (χ4v) is 1.42. The topological polar surface area (TPSA) is 77.2 Å². The largest absolute Gasteiger partial charge is 0.384 e. The van der Waals surface area contributed by atoms with E-state index in [1.54, 1.807) is 19.2 Å². The predicted octanol–water partition coefficient (Wildman–Crippen LogP) is 1.55. The minimum Gasteiger partial charge on any atom is -0.384 e. The van der Waals surface area contributed by atoms with Crippen LogP contribution in [0.15, 0.2) is 12.1 Å². The fourth-order valence-electron chi connectivity index (χ4n) is 1.42. The first-order valence-electron chi connectivity index (χ1n) is 6.02. The smallest absolute Gasteiger partial charge is 0.251 e. The van der Waals surface area contributed by atoms with Crippen molar-refractivity contribution in [2.45, 2.75) is 32.8 Å². The van der Waals surface area contributed by atoms with Crippen LogP contribution in [0.3, 0.4) is 0 Å². The number of methoxy groups -OCH3 is 1. The Morgan fingerprint density at radius 1 is 1.44 bits per heavy atom. The van der Waals surface area contributed by atoms with Crippen LogP contribution in [0.4, 0.5) is 5.82 Å². The average molecular weight is 251 g/mol. The van der Waals surface area contributed by atoms with Crippen molar-refractivity contribution in [2.75, 3.05) is 19.4 Å². The molecule has 18 heavy (non-hydrogen) atoms. The molecule has 0 saturated carbocycles. The number of ether oxygens (including phenoxy) is 1. The highest BCUT2D eigenvalue weighted by Crippen LogP contribution is 2.15. The van der Waals surface area contributed by atoms with Crippen LogP contribution < -0.4 is 11.1 Å². The second kappa shape index (κ2) is 6.35. The van der Waals surface area contributed by atoms with Gasteiger partial charge in [0, 0.05) is 24.9 Å². The maximum Gasteiger partial charge on any atom is 0.251 e. The predicted molar refractivity (Wildman–Crippen MR) is 71.5 cm³/mol. The van der Waals surface area contributed by atoms with Gasteiger partial charge in [0.05, 0.1) is 6.10 Å². The molecular formula is C13H21N3O2. The Bertz CT molecular complexity index is 419.